The van der Waals surface area contributed by atoms with E-state index in [1.807, 2.05) is 0 Å². The molecule has 2 saturated heterocycles. The number of carbonyl (C=O) groups is 1. The van der Waals surface area contributed by atoms with E-state index in [0.717, 1.165) is 37.8 Å². The highest BCUT2D eigenvalue weighted by molar-refractivity contribution is 5.91. The number of alkyl halides is 3. The highest BCUT2D eigenvalue weighted by atomic mass is 19.4. The van der Waals surface area contributed by atoms with Crippen molar-refractivity contribution in [3.8, 4) is 0 Å². The third-order valence-electron chi connectivity index (χ3n) is 6.37. The Kier molecular flexibility index (Phi) is 4.29. The van der Waals surface area contributed by atoms with Crippen LogP contribution in [0, 0.1) is 5.92 Å². The predicted octanol–water partition coefficient (Wildman–Crippen LogP) is 3.77. The quantitative estimate of drug-likeness (QED) is 0.855. The Morgan fingerprint density at radius 2 is 1.85 bits per heavy atom. The van der Waals surface area contributed by atoms with Gasteiger partial charge in [0.2, 0.25) is 5.91 Å². The SMILES string of the molecule is CC1CC2CCC(N2)C(NC(=O)C2(c3ccc(C(F)(F)F)cc3)CC2)C1. The fourth-order valence-electron chi connectivity index (χ4n) is 4.75. The van der Waals surface area contributed by atoms with Crippen LogP contribution >= 0.6 is 0 Å². The summed E-state index contributed by atoms with van der Waals surface area (Å²) >= 11 is 0. The van der Waals surface area contributed by atoms with Gasteiger partial charge in [0.1, 0.15) is 0 Å². The molecular weight excluding hydrogens is 341 g/mol. The number of fused-ring (bicyclic) bond motifs is 2. The first-order valence-corrected chi connectivity index (χ1v) is 9.53. The lowest BCUT2D eigenvalue weighted by molar-refractivity contribution is -0.137. The van der Waals surface area contributed by atoms with E-state index in [9.17, 15) is 18.0 Å². The van der Waals surface area contributed by atoms with Gasteiger partial charge in [0, 0.05) is 18.1 Å². The summed E-state index contributed by atoms with van der Waals surface area (Å²) in [6, 6.07) is 6.08. The van der Waals surface area contributed by atoms with Gasteiger partial charge in [-0.15, -0.1) is 0 Å². The number of halogens is 3. The van der Waals surface area contributed by atoms with Gasteiger partial charge in [-0.05, 0) is 62.1 Å². The highest BCUT2D eigenvalue weighted by Gasteiger charge is 2.52. The fourth-order valence-corrected chi connectivity index (χ4v) is 4.75. The van der Waals surface area contributed by atoms with Gasteiger partial charge in [-0.1, -0.05) is 19.1 Å². The minimum absolute atomic E-state index is 0.0263. The molecular formula is C20H25F3N2O. The minimum Gasteiger partial charge on any atom is -0.351 e. The molecule has 2 N–H and O–H groups in total. The van der Waals surface area contributed by atoms with E-state index in [1.54, 1.807) is 0 Å². The van der Waals surface area contributed by atoms with Gasteiger partial charge >= 0.3 is 6.18 Å². The second-order valence-corrected chi connectivity index (χ2v) is 8.36. The number of nitrogens with one attached hydrogen (secondary N) is 2. The molecule has 0 radical (unpaired) electrons. The second kappa shape index (κ2) is 6.25. The predicted molar refractivity (Wildman–Crippen MR) is 92.6 cm³/mol. The maximum absolute atomic E-state index is 13.0. The zero-order chi connectivity index (χ0) is 18.5. The lowest BCUT2D eigenvalue weighted by Gasteiger charge is -2.28. The summed E-state index contributed by atoms with van der Waals surface area (Å²) in [5, 5.41) is 6.87. The molecule has 26 heavy (non-hydrogen) atoms. The average Bonchev–Trinajstić information content (AvgIpc) is 3.29. The standard InChI is InChI=1S/C20H25F3N2O/c1-12-10-15-6-7-16(24-15)17(11-12)25-18(26)19(8-9-19)13-2-4-14(5-3-13)20(21,22)23/h2-5,12,15-17,24H,6-11H2,1H3,(H,25,26). The Labute approximate surface area is 151 Å². The van der Waals surface area contributed by atoms with Crippen LogP contribution in [0.25, 0.3) is 0 Å². The molecule has 0 aromatic heterocycles. The summed E-state index contributed by atoms with van der Waals surface area (Å²) in [5.41, 5.74) is -0.615. The normalized spacial score (nSPS) is 32.8. The van der Waals surface area contributed by atoms with Crippen LogP contribution in [0.5, 0.6) is 0 Å². The molecule has 0 spiro atoms. The Balaban J connectivity index is 1.49. The zero-order valence-electron chi connectivity index (χ0n) is 14.9. The number of benzene rings is 1. The largest absolute Gasteiger partial charge is 0.416 e. The van der Waals surface area contributed by atoms with E-state index in [2.05, 4.69) is 17.6 Å². The maximum Gasteiger partial charge on any atom is 0.416 e. The zero-order valence-corrected chi connectivity index (χ0v) is 14.9. The summed E-state index contributed by atoms with van der Waals surface area (Å²) in [5.74, 6) is 0.533. The van der Waals surface area contributed by atoms with E-state index < -0.39 is 17.2 Å². The lowest BCUT2D eigenvalue weighted by atomic mass is 9.88. The molecule has 3 fully saturated rings. The van der Waals surface area contributed by atoms with Gasteiger partial charge in [-0.2, -0.15) is 13.2 Å². The third-order valence-corrected chi connectivity index (χ3v) is 6.37. The summed E-state index contributed by atoms with van der Waals surface area (Å²) in [6.07, 6.45) is 1.40. The van der Waals surface area contributed by atoms with Crippen molar-refractivity contribution in [2.24, 2.45) is 5.92 Å². The van der Waals surface area contributed by atoms with E-state index in [-0.39, 0.29) is 11.9 Å². The summed E-state index contributed by atoms with van der Waals surface area (Å²) < 4.78 is 38.3. The van der Waals surface area contributed by atoms with Crippen molar-refractivity contribution in [3.63, 3.8) is 0 Å². The molecule has 6 heteroatoms. The van der Waals surface area contributed by atoms with Crippen LogP contribution in [0.4, 0.5) is 13.2 Å². The minimum atomic E-state index is -4.35. The number of hydrogen-bond donors (Lipinski definition) is 2. The number of hydrogen-bond acceptors (Lipinski definition) is 2. The van der Waals surface area contributed by atoms with Gasteiger partial charge in [-0.3, -0.25) is 4.79 Å². The lowest BCUT2D eigenvalue weighted by Crippen LogP contribution is -2.50. The van der Waals surface area contributed by atoms with Gasteiger partial charge in [0.25, 0.3) is 0 Å². The van der Waals surface area contributed by atoms with Gasteiger partial charge in [-0.25, -0.2) is 0 Å². The summed E-state index contributed by atoms with van der Waals surface area (Å²) in [4.78, 5) is 13.0. The van der Waals surface area contributed by atoms with Crippen LogP contribution in [0.2, 0.25) is 0 Å². The van der Waals surface area contributed by atoms with Gasteiger partial charge in [0.05, 0.1) is 11.0 Å². The van der Waals surface area contributed by atoms with Crippen LogP contribution in [0.15, 0.2) is 24.3 Å². The van der Waals surface area contributed by atoms with Crippen molar-refractivity contribution in [3.05, 3.63) is 35.4 Å². The number of carbonyl (C=O) groups excluding carboxylic acids is 1. The Morgan fingerprint density at radius 3 is 2.46 bits per heavy atom. The Hall–Kier alpha value is -1.56. The molecule has 1 aliphatic carbocycles. The fraction of sp³-hybridized carbons (Fsp3) is 0.650. The van der Waals surface area contributed by atoms with Crippen molar-refractivity contribution in [1.82, 2.24) is 10.6 Å². The number of amides is 1. The van der Waals surface area contributed by atoms with Gasteiger partial charge < -0.3 is 10.6 Å². The van der Waals surface area contributed by atoms with Crippen LogP contribution < -0.4 is 10.6 Å². The first-order valence-electron chi connectivity index (χ1n) is 9.53. The molecule has 3 aliphatic rings. The molecule has 2 aliphatic heterocycles. The molecule has 1 aromatic rings. The van der Waals surface area contributed by atoms with Crippen molar-refractivity contribution in [2.45, 2.75) is 75.2 Å². The molecule has 4 unspecified atom stereocenters. The second-order valence-electron chi connectivity index (χ2n) is 8.36. The Morgan fingerprint density at radius 1 is 1.15 bits per heavy atom. The van der Waals surface area contributed by atoms with Crippen molar-refractivity contribution >= 4 is 5.91 Å². The molecule has 142 valence electrons. The van der Waals surface area contributed by atoms with E-state index in [4.69, 9.17) is 0 Å². The van der Waals surface area contributed by atoms with Crippen molar-refractivity contribution < 1.29 is 18.0 Å². The first-order chi connectivity index (χ1) is 12.3. The average molecular weight is 366 g/mol. The summed E-state index contributed by atoms with van der Waals surface area (Å²) in [6.45, 7) is 2.23. The highest BCUT2D eigenvalue weighted by Crippen LogP contribution is 2.49. The topological polar surface area (TPSA) is 41.1 Å². The number of rotatable bonds is 3. The van der Waals surface area contributed by atoms with Gasteiger partial charge in [0.15, 0.2) is 0 Å². The molecule has 2 heterocycles. The van der Waals surface area contributed by atoms with Crippen LogP contribution in [-0.4, -0.2) is 24.0 Å². The van der Waals surface area contributed by atoms with E-state index in [0.29, 0.717) is 36.4 Å². The molecule has 2 bridgehead atoms. The molecule has 1 amide bonds. The van der Waals surface area contributed by atoms with Crippen LogP contribution in [0.1, 0.15) is 56.6 Å². The molecule has 4 rings (SSSR count). The maximum atomic E-state index is 13.0. The van der Waals surface area contributed by atoms with Crippen LogP contribution in [0.3, 0.4) is 0 Å². The van der Waals surface area contributed by atoms with Crippen LogP contribution in [-0.2, 0) is 16.4 Å². The molecule has 1 aromatic carbocycles. The van der Waals surface area contributed by atoms with E-state index in [1.165, 1.54) is 12.1 Å². The van der Waals surface area contributed by atoms with Crippen molar-refractivity contribution in [1.29, 1.82) is 0 Å². The molecule has 3 nitrogen and oxygen atoms in total. The van der Waals surface area contributed by atoms with E-state index >= 15 is 0 Å². The van der Waals surface area contributed by atoms with Crippen molar-refractivity contribution in [2.75, 3.05) is 0 Å². The summed E-state index contributed by atoms with van der Waals surface area (Å²) in [7, 11) is 0. The Bertz CT molecular complexity index is 681. The monoisotopic (exact) mass is 366 g/mol. The smallest absolute Gasteiger partial charge is 0.351 e. The third kappa shape index (κ3) is 3.24. The molecule has 4 atom stereocenters. The molecule has 1 saturated carbocycles. The first kappa shape index (κ1) is 17.8.